The van der Waals surface area contributed by atoms with E-state index in [9.17, 15) is 9.59 Å². The number of rotatable bonds is 0. The average Bonchev–Trinajstić information content (AvgIpc) is 1.82. The van der Waals surface area contributed by atoms with Crippen LogP contribution in [0.15, 0.2) is 0 Å². The highest BCUT2D eigenvalue weighted by molar-refractivity contribution is 5.70. The predicted octanol–water partition coefficient (Wildman–Crippen LogP) is -0.124. The maximum atomic E-state index is 10.4. The van der Waals surface area contributed by atoms with Gasteiger partial charge in [-0.05, 0) is 20.8 Å². The van der Waals surface area contributed by atoms with Crippen molar-refractivity contribution in [3.63, 3.8) is 0 Å². The Labute approximate surface area is 77.6 Å². The Morgan fingerprint density at radius 2 is 1.62 bits per heavy atom. The maximum Gasteiger partial charge on any atom is 0.421 e. The van der Waals surface area contributed by atoms with Crippen LogP contribution in [0.3, 0.4) is 0 Å². The molecule has 0 aliphatic heterocycles. The van der Waals surface area contributed by atoms with Crippen LogP contribution in [-0.2, 0) is 9.53 Å². The van der Waals surface area contributed by atoms with E-state index in [1.165, 1.54) is 6.92 Å². The first kappa shape index (κ1) is 14.2. The van der Waals surface area contributed by atoms with Crippen molar-refractivity contribution in [2.45, 2.75) is 33.3 Å². The Morgan fingerprint density at radius 3 is 1.69 bits per heavy atom. The van der Waals surface area contributed by atoms with Crippen LogP contribution in [0, 0.1) is 0 Å². The number of primary amides is 1. The molecular formula is C7H17N3O3. The van der Waals surface area contributed by atoms with Crippen LogP contribution in [0.25, 0.3) is 0 Å². The SMILES string of the molecule is CC(C)(C)OC(=O)NN.CC(N)=O. The predicted molar refractivity (Wildman–Crippen MR) is 48.4 cm³/mol. The van der Waals surface area contributed by atoms with Crippen molar-refractivity contribution < 1.29 is 14.3 Å². The highest BCUT2D eigenvalue weighted by Gasteiger charge is 2.14. The molecule has 78 valence electrons. The number of carbonyl (C=O) groups excluding carboxylic acids is 2. The van der Waals surface area contributed by atoms with E-state index in [1.54, 1.807) is 20.8 Å². The summed E-state index contributed by atoms with van der Waals surface area (Å²) in [5, 5.41) is 0. The lowest BCUT2D eigenvalue weighted by atomic mass is 10.2. The van der Waals surface area contributed by atoms with Crippen LogP contribution in [0.1, 0.15) is 27.7 Å². The molecule has 0 radical (unpaired) electrons. The van der Waals surface area contributed by atoms with E-state index in [1.807, 2.05) is 5.43 Å². The summed E-state index contributed by atoms with van der Waals surface area (Å²) >= 11 is 0. The summed E-state index contributed by atoms with van der Waals surface area (Å²) in [5.41, 5.74) is 5.86. The fourth-order valence-electron chi connectivity index (χ4n) is 0.308. The summed E-state index contributed by atoms with van der Waals surface area (Å²) in [7, 11) is 0. The van der Waals surface area contributed by atoms with Crippen LogP contribution in [0.5, 0.6) is 0 Å². The molecule has 0 aliphatic carbocycles. The lowest BCUT2D eigenvalue weighted by Crippen LogP contribution is -2.36. The van der Waals surface area contributed by atoms with Gasteiger partial charge in [0.05, 0.1) is 0 Å². The van der Waals surface area contributed by atoms with Crippen molar-refractivity contribution in [2.24, 2.45) is 11.6 Å². The van der Waals surface area contributed by atoms with E-state index >= 15 is 0 Å². The molecule has 0 atom stereocenters. The summed E-state index contributed by atoms with van der Waals surface area (Å²) in [6.07, 6.45) is -0.609. The Bertz CT molecular complexity index is 170. The van der Waals surface area contributed by atoms with Gasteiger partial charge < -0.3 is 10.5 Å². The molecule has 0 spiro atoms. The van der Waals surface area contributed by atoms with Gasteiger partial charge in [0.15, 0.2) is 0 Å². The van der Waals surface area contributed by atoms with Crippen LogP contribution in [0.2, 0.25) is 0 Å². The second-order valence-corrected chi connectivity index (χ2v) is 3.26. The zero-order valence-corrected chi connectivity index (χ0v) is 8.38. The van der Waals surface area contributed by atoms with Gasteiger partial charge in [0.2, 0.25) is 5.91 Å². The molecule has 0 aliphatic rings. The molecule has 0 aromatic rings. The summed E-state index contributed by atoms with van der Waals surface area (Å²) in [5.74, 6) is 4.42. The molecule has 0 unspecified atom stereocenters. The molecule has 0 saturated carbocycles. The number of hydrogen-bond acceptors (Lipinski definition) is 4. The lowest BCUT2D eigenvalue weighted by Gasteiger charge is -2.18. The minimum atomic E-state index is -0.609. The van der Waals surface area contributed by atoms with Gasteiger partial charge >= 0.3 is 6.09 Å². The Balaban J connectivity index is 0. The Hall–Kier alpha value is -1.30. The fraction of sp³-hybridized carbons (Fsp3) is 0.714. The highest BCUT2D eigenvalue weighted by atomic mass is 16.6. The van der Waals surface area contributed by atoms with Gasteiger partial charge in [0.1, 0.15) is 5.60 Å². The Kier molecular flexibility index (Phi) is 6.84. The molecule has 0 rings (SSSR count). The van der Waals surface area contributed by atoms with Gasteiger partial charge in [-0.3, -0.25) is 10.2 Å². The number of ether oxygens (including phenoxy) is 1. The molecule has 5 N–H and O–H groups in total. The molecule has 0 heterocycles. The van der Waals surface area contributed by atoms with Crippen molar-refractivity contribution in [3.8, 4) is 0 Å². The van der Waals surface area contributed by atoms with Crippen LogP contribution >= 0.6 is 0 Å². The van der Waals surface area contributed by atoms with Gasteiger partial charge in [0.25, 0.3) is 0 Å². The zero-order chi connectivity index (χ0) is 11.1. The number of nitrogens with one attached hydrogen (secondary N) is 1. The van der Waals surface area contributed by atoms with Gasteiger partial charge in [-0.2, -0.15) is 0 Å². The molecule has 0 fully saturated rings. The van der Waals surface area contributed by atoms with Crippen molar-refractivity contribution >= 4 is 12.0 Å². The quantitative estimate of drug-likeness (QED) is 0.282. The summed E-state index contributed by atoms with van der Waals surface area (Å²) < 4.78 is 4.71. The minimum absolute atomic E-state index is 0.333. The highest BCUT2D eigenvalue weighted by Crippen LogP contribution is 2.05. The van der Waals surface area contributed by atoms with Crippen molar-refractivity contribution in [1.82, 2.24) is 5.43 Å². The largest absolute Gasteiger partial charge is 0.443 e. The molecule has 2 amide bonds. The minimum Gasteiger partial charge on any atom is -0.443 e. The molecule has 0 bridgehead atoms. The molecule has 6 nitrogen and oxygen atoms in total. The van der Waals surface area contributed by atoms with Crippen LogP contribution < -0.4 is 17.0 Å². The van der Waals surface area contributed by atoms with E-state index in [-0.39, 0.29) is 5.91 Å². The van der Waals surface area contributed by atoms with Gasteiger partial charge in [-0.15, -0.1) is 0 Å². The van der Waals surface area contributed by atoms with E-state index in [0.29, 0.717) is 0 Å². The number of nitrogens with two attached hydrogens (primary N) is 2. The fourth-order valence-corrected chi connectivity index (χ4v) is 0.308. The van der Waals surface area contributed by atoms with Crippen LogP contribution in [0.4, 0.5) is 4.79 Å². The molecule has 0 saturated heterocycles. The molecular weight excluding hydrogens is 174 g/mol. The third-order valence-electron chi connectivity index (χ3n) is 0.517. The first-order valence-electron chi connectivity index (χ1n) is 3.64. The summed E-state index contributed by atoms with van der Waals surface area (Å²) in [6, 6.07) is 0. The summed E-state index contributed by atoms with van der Waals surface area (Å²) in [6.45, 7) is 6.60. The van der Waals surface area contributed by atoms with Crippen molar-refractivity contribution in [3.05, 3.63) is 0 Å². The van der Waals surface area contributed by atoms with E-state index in [2.05, 4.69) is 5.73 Å². The summed E-state index contributed by atoms with van der Waals surface area (Å²) in [4.78, 5) is 19.6. The monoisotopic (exact) mass is 191 g/mol. The average molecular weight is 191 g/mol. The smallest absolute Gasteiger partial charge is 0.421 e. The van der Waals surface area contributed by atoms with E-state index in [0.717, 1.165) is 0 Å². The first-order valence-corrected chi connectivity index (χ1v) is 3.64. The topological polar surface area (TPSA) is 107 Å². The van der Waals surface area contributed by atoms with E-state index in [4.69, 9.17) is 10.6 Å². The number of carbonyl (C=O) groups is 2. The van der Waals surface area contributed by atoms with Crippen LogP contribution in [-0.4, -0.2) is 17.6 Å². The van der Waals surface area contributed by atoms with Gasteiger partial charge in [-0.25, -0.2) is 10.6 Å². The number of hydrazine groups is 1. The normalized spacial score (nSPS) is 9.31. The number of amides is 2. The maximum absolute atomic E-state index is 10.4. The third kappa shape index (κ3) is 24.9. The second-order valence-electron chi connectivity index (χ2n) is 3.26. The Morgan fingerprint density at radius 1 is 1.31 bits per heavy atom. The van der Waals surface area contributed by atoms with E-state index < -0.39 is 11.7 Å². The lowest BCUT2D eigenvalue weighted by molar-refractivity contribution is -0.115. The number of hydrogen-bond donors (Lipinski definition) is 3. The molecule has 13 heavy (non-hydrogen) atoms. The molecule has 0 aromatic heterocycles. The molecule has 0 aromatic carbocycles. The zero-order valence-electron chi connectivity index (χ0n) is 8.38. The van der Waals surface area contributed by atoms with Gasteiger partial charge in [0, 0.05) is 6.92 Å². The van der Waals surface area contributed by atoms with Crippen molar-refractivity contribution in [2.75, 3.05) is 0 Å². The van der Waals surface area contributed by atoms with Gasteiger partial charge in [-0.1, -0.05) is 0 Å². The molecule has 6 heteroatoms. The second kappa shape index (κ2) is 6.24. The first-order chi connectivity index (χ1) is 5.69. The standard InChI is InChI=1S/C5H12N2O2.C2H5NO/c1-5(2,3)9-4(8)7-6;1-2(3)4/h6H2,1-3H3,(H,7,8);1H3,(H2,3,4). The van der Waals surface area contributed by atoms with Crippen molar-refractivity contribution in [1.29, 1.82) is 0 Å². The third-order valence-corrected chi connectivity index (χ3v) is 0.517.